The Labute approximate surface area is 141 Å². The Bertz CT molecular complexity index is 698. The zero-order valence-corrected chi connectivity index (χ0v) is 13.8. The first kappa shape index (κ1) is 16.3. The van der Waals surface area contributed by atoms with Gasteiger partial charge in [-0.3, -0.25) is 14.5 Å². The van der Waals surface area contributed by atoms with Crippen LogP contribution in [0.4, 0.5) is 4.79 Å². The Morgan fingerprint density at radius 3 is 2.71 bits per heavy atom. The summed E-state index contributed by atoms with van der Waals surface area (Å²) >= 11 is 0. The molecule has 0 aromatic heterocycles. The van der Waals surface area contributed by atoms with E-state index < -0.39 is 17.5 Å². The number of hydrogen-bond donors (Lipinski definition) is 1. The second kappa shape index (κ2) is 6.52. The summed E-state index contributed by atoms with van der Waals surface area (Å²) in [6.07, 6.45) is 9.91. The smallest absolute Gasteiger partial charge is 0.325 e. The highest BCUT2D eigenvalue weighted by molar-refractivity contribution is 6.09. The normalized spacial score (nSPS) is 26.9. The number of amides is 4. The molecule has 0 saturated carbocycles. The average Bonchev–Trinajstić information content (AvgIpc) is 2.81. The average molecular weight is 327 g/mol. The lowest BCUT2D eigenvalue weighted by Gasteiger charge is -2.32. The molecule has 126 valence electrons. The molecule has 2 saturated heterocycles. The molecule has 6 nitrogen and oxygen atoms in total. The number of carbonyl (C=O) groups is 3. The molecule has 2 fully saturated rings. The van der Waals surface area contributed by atoms with Crippen LogP contribution >= 0.6 is 0 Å². The zero-order valence-electron chi connectivity index (χ0n) is 13.8. The van der Waals surface area contributed by atoms with Crippen molar-refractivity contribution in [2.24, 2.45) is 0 Å². The maximum Gasteiger partial charge on any atom is 0.325 e. The van der Waals surface area contributed by atoms with Gasteiger partial charge in [0.05, 0.1) is 6.54 Å². The van der Waals surface area contributed by atoms with Crippen molar-refractivity contribution >= 4 is 17.8 Å². The fourth-order valence-corrected chi connectivity index (χ4v) is 3.14. The molecule has 1 unspecified atom stereocenters. The Morgan fingerprint density at radius 1 is 1.25 bits per heavy atom. The summed E-state index contributed by atoms with van der Waals surface area (Å²) in [7, 11) is 1.43. The minimum Gasteiger partial charge on any atom is -0.339 e. The third kappa shape index (κ3) is 3.07. The molecule has 0 spiro atoms. The topological polar surface area (TPSA) is 69.7 Å². The second-order valence-corrected chi connectivity index (χ2v) is 6.38. The molecule has 1 atom stereocenters. The molecule has 2 heterocycles. The molecule has 0 radical (unpaired) electrons. The third-order valence-electron chi connectivity index (χ3n) is 4.59. The van der Waals surface area contributed by atoms with Gasteiger partial charge >= 0.3 is 6.03 Å². The lowest BCUT2D eigenvalue weighted by atomic mass is 9.96. The minimum atomic E-state index is -1.35. The van der Waals surface area contributed by atoms with Crippen LogP contribution in [0.1, 0.15) is 32.1 Å². The minimum absolute atomic E-state index is 0.0128. The van der Waals surface area contributed by atoms with Crippen LogP contribution in [-0.2, 0) is 9.59 Å². The molecule has 0 aromatic carbocycles. The van der Waals surface area contributed by atoms with Crippen molar-refractivity contribution in [3.05, 3.63) is 23.8 Å². The predicted octanol–water partition coefficient (Wildman–Crippen LogP) is 1.20. The van der Waals surface area contributed by atoms with E-state index in [2.05, 4.69) is 23.2 Å². The second-order valence-electron chi connectivity index (χ2n) is 6.38. The number of rotatable bonds is 2. The van der Waals surface area contributed by atoms with Gasteiger partial charge in [-0.25, -0.2) is 4.79 Å². The van der Waals surface area contributed by atoms with E-state index >= 15 is 0 Å². The van der Waals surface area contributed by atoms with Crippen molar-refractivity contribution in [1.29, 1.82) is 0 Å². The fraction of sp³-hybridized carbons (Fsp3) is 0.500. The van der Waals surface area contributed by atoms with E-state index in [1.54, 1.807) is 4.90 Å². The molecular formula is C18H21N3O3. The molecular weight excluding hydrogens is 306 g/mol. The van der Waals surface area contributed by atoms with E-state index in [1.807, 2.05) is 12.2 Å². The molecule has 3 rings (SSSR count). The van der Waals surface area contributed by atoms with Crippen molar-refractivity contribution in [3.63, 3.8) is 0 Å². The Hall–Kier alpha value is -2.55. The van der Waals surface area contributed by atoms with Gasteiger partial charge in [-0.15, -0.1) is 0 Å². The van der Waals surface area contributed by atoms with Crippen molar-refractivity contribution in [1.82, 2.24) is 15.1 Å². The molecule has 4 amide bonds. The highest BCUT2D eigenvalue weighted by atomic mass is 16.2. The molecule has 0 aromatic rings. The van der Waals surface area contributed by atoms with Crippen LogP contribution in [0, 0.1) is 11.8 Å². The van der Waals surface area contributed by atoms with Gasteiger partial charge in [0, 0.05) is 25.6 Å². The highest BCUT2D eigenvalue weighted by Gasteiger charge is 2.50. The summed E-state index contributed by atoms with van der Waals surface area (Å²) in [6.45, 7) is 0.706. The molecule has 1 aliphatic carbocycles. The van der Waals surface area contributed by atoms with E-state index in [-0.39, 0.29) is 12.5 Å². The lowest BCUT2D eigenvalue weighted by Crippen LogP contribution is -2.56. The van der Waals surface area contributed by atoms with Gasteiger partial charge < -0.3 is 10.2 Å². The van der Waals surface area contributed by atoms with E-state index in [4.69, 9.17) is 0 Å². The number of nitrogens with zero attached hydrogens (tertiary/aromatic N) is 2. The number of likely N-dealkylation sites (tertiary alicyclic amines) is 1. The zero-order chi connectivity index (χ0) is 17.2. The van der Waals surface area contributed by atoms with Crippen LogP contribution < -0.4 is 5.32 Å². The summed E-state index contributed by atoms with van der Waals surface area (Å²) in [5.41, 5.74) is -0.417. The number of urea groups is 1. The van der Waals surface area contributed by atoms with Crippen LogP contribution in [-0.4, -0.2) is 53.3 Å². The lowest BCUT2D eigenvalue weighted by molar-refractivity contribution is -0.136. The summed E-state index contributed by atoms with van der Waals surface area (Å²) < 4.78 is 0. The maximum atomic E-state index is 12.7. The van der Waals surface area contributed by atoms with Gasteiger partial charge in [0.25, 0.3) is 5.91 Å². The first-order chi connectivity index (χ1) is 11.5. The standard InChI is InChI=1S/C18H21N3O3/c1-20-16(23)18(19-17(20)24,11-10-14-7-3-2-4-8-14)13-21-12-6-5-9-15(21)22/h2-3,7H,4-6,8-9,12-13H2,1H3,(H,19,24). The van der Waals surface area contributed by atoms with Gasteiger partial charge in [0.15, 0.2) is 0 Å². The number of nitrogens with one attached hydrogen (secondary N) is 1. The fourth-order valence-electron chi connectivity index (χ4n) is 3.14. The van der Waals surface area contributed by atoms with Gasteiger partial charge in [-0.1, -0.05) is 30.1 Å². The quantitative estimate of drug-likeness (QED) is 0.612. The molecule has 6 heteroatoms. The molecule has 1 N–H and O–H groups in total. The van der Waals surface area contributed by atoms with Gasteiger partial charge in [-0.2, -0.15) is 0 Å². The van der Waals surface area contributed by atoms with Crippen molar-refractivity contribution < 1.29 is 14.4 Å². The van der Waals surface area contributed by atoms with E-state index in [1.165, 1.54) is 7.05 Å². The first-order valence-electron chi connectivity index (χ1n) is 8.29. The first-order valence-corrected chi connectivity index (χ1v) is 8.29. The number of carbonyl (C=O) groups excluding carboxylic acids is 3. The summed E-state index contributed by atoms with van der Waals surface area (Å²) in [6, 6.07) is -0.476. The van der Waals surface area contributed by atoms with Crippen molar-refractivity contribution in [2.45, 2.75) is 37.6 Å². The van der Waals surface area contributed by atoms with Crippen LogP contribution in [0.3, 0.4) is 0 Å². The largest absolute Gasteiger partial charge is 0.339 e. The van der Waals surface area contributed by atoms with Crippen LogP contribution in [0.25, 0.3) is 0 Å². The van der Waals surface area contributed by atoms with Gasteiger partial charge in [0.2, 0.25) is 11.4 Å². The van der Waals surface area contributed by atoms with Gasteiger partial charge in [0.1, 0.15) is 0 Å². The molecule has 24 heavy (non-hydrogen) atoms. The molecule has 0 bridgehead atoms. The Morgan fingerprint density at radius 2 is 2.08 bits per heavy atom. The van der Waals surface area contributed by atoms with Crippen molar-refractivity contribution in [2.75, 3.05) is 20.1 Å². The number of likely N-dealkylation sites (N-methyl/N-ethyl adjacent to an activating group) is 1. The van der Waals surface area contributed by atoms with Crippen LogP contribution in [0.2, 0.25) is 0 Å². The van der Waals surface area contributed by atoms with E-state index in [9.17, 15) is 14.4 Å². The Balaban J connectivity index is 1.90. The monoisotopic (exact) mass is 327 g/mol. The number of imide groups is 1. The van der Waals surface area contributed by atoms with Crippen LogP contribution in [0.15, 0.2) is 23.8 Å². The summed E-state index contributed by atoms with van der Waals surface area (Å²) in [5.74, 6) is 5.63. The molecule has 3 aliphatic rings. The SMILES string of the molecule is CN1C(=O)NC(C#CC2=CC=CCC2)(CN2CCCCC2=O)C1=O. The number of hydrogen-bond acceptors (Lipinski definition) is 3. The van der Waals surface area contributed by atoms with Crippen LogP contribution in [0.5, 0.6) is 0 Å². The summed E-state index contributed by atoms with van der Waals surface area (Å²) in [4.78, 5) is 39.4. The van der Waals surface area contributed by atoms with E-state index in [0.29, 0.717) is 13.0 Å². The Kier molecular flexibility index (Phi) is 4.43. The van der Waals surface area contributed by atoms with Crippen molar-refractivity contribution in [3.8, 4) is 11.8 Å². The predicted molar refractivity (Wildman–Crippen MR) is 88.7 cm³/mol. The molecule has 2 aliphatic heterocycles. The third-order valence-corrected chi connectivity index (χ3v) is 4.59. The summed E-state index contributed by atoms with van der Waals surface area (Å²) in [5, 5.41) is 2.70. The highest BCUT2D eigenvalue weighted by Crippen LogP contribution is 2.21. The number of piperidine rings is 1. The van der Waals surface area contributed by atoms with Gasteiger partial charge in [-0.05, 0) is 25.7 Å². The van der Waals surface area contributed by atoms with E-state index in [0.717, 1.165) is 36.2 Å². The number of allylic oxidation sites excluding steroid dienone is 4. The maximum absolute atomic E-state index is 12.7.